The summed E-state index contributed by atoms with van der Waals surface area (Å²) in [6.07, 6.45) is 3.56. The second kappa shape index (κ2) is 9.70. The lowest BCUT2D eigenvalue weighted by Crippen LogP contribution is -2.25. The van der Waals surface area contributed by atoms with E-state index in [9.17, 15) is 8.42 Å². The van der Waals surface area contributed by atoms with Crippen LogP contribution in [-0.4, -0.2) is 44.2 Å². The zero-order valence-electron chi connectivity index (χ0n) is 19.0. The van der Waals surface area contributed by atoms with Crippen LogP contribution < -0.4 is 9.46 Å². The minimum atomic E-state index is -3.28. The fraction of sp³-hybridized carbons (Fsp3) is 0.375. The molecule has 1 aliphatic carbocycles. The van der Waals surface area contributed by atoms with E-state index in [1.165, 1.54) is 17.6 Å². The van der Waals surface area contributed by atoms with Gasteiger partial charge in [0, 0.05) is 23.7 Å². The maximum Gasteiger partial charge on any atom is 0.209 e. The highest BCUT2D eigenvalue weighted by atomic mass is 32.2. The van der Waals surface area contributed by atoms with E-state index in [2.05, 4.69) is 32.7 Å². The Balaban J connectivity index is 1.65. The van der Waals surface area contributed by atoms with Crippen molar-refractivity contribution in [1.29, 1.82) is 0 Å². The molecule has 0 spiro atoms. The van der Waals surface area contributed by atoms with Gasteiger partial charge in [0.2, 0.25) is 10.0 Å². The molecule has 4 rings (SSSR count). The van der Waals surface area contributed by atoms with Gasteiger partial charge >= 0.3 is 0 Å². The molecule has 2 aromatic carbocycles. The third-order valence-corrected chi connectivity index (χ3v) is 7.21. The van der Waals surface area contributed by atoms with Gasteiger partial charge < -0.3 is 9.73 Å². The van der Waals surface area contributed by atoms with Crippen molar-refractivity contribution < 1.29 is 13.2 Å². The van der Waals surface area contributed by atoms with Crippen LogP contribution in [0.25, 0.3) is 21.1 Å². The monoisotopic (exact) mass is 484 g/mol. The fourth-order valence-electron chi connectivity index (χ4n) is 4.16. The van der Waals surface area contributed by atoms with E-state index < -0.39 is 10.0 Å². The molecule has 0 aliphatic heterocycles. The van der Waals surface area contributed by atoms with E-state index in [4.69, 9.17) is 4.74 Å². The summed E-state index contributed by atoms with van der Waals surface area (Å²) < 4.78 is 32.2. The van der Waals surface area contributed by atoms with Gasteiger partial charge in [0.15, 0.2) is 0 Å². The zero-order valence-corrected chi connectivity index (χ0v) is 20.7. The van der Waals surface area contributed by atoms with Crippen LogP contribution in [0.15, 0.2) is 41.4 Å². The van der Waals surface area contributed by atoms with E-state index >= 15 is 0 Å². The molecule has 7 nitrogen and oxygen atoms in total. The van der Waals surface area contributed by atoms with Gasteiger partial charge in [0.25, 0.3) is 0 Å². The molecule has 174 valence electrons. The van der Waals surface area contributed by atoms with Gasteiger partial charge in [0.05, 0.1) is 12.4 Å². The number of rotatable bonds is 9. The van der Waals surface area contributed by atoms with Crippen LogP contribution in [0.3, 0.4) is 0 Å². The first-order valence-corrected chi connectivity index (χ1v) is 13.6. The summed E-state index contributed by atoms with van der Waals surface area (Å²) in [6.45, 7) is 8.23. The van der Waals surface area contributed by atoms with E-state index in [1.807, 2.05) is 44.2 Å². The smallest absolute Gasteiger partial charge is 0.209 e. The Bertz CT molecular complexity index is 1270. The average molecular weight is 485 g/mol. The molecular formula is C24H28N4O3S2. The third kappa shape index (κ3) is 5.48. The maximum absolute atomic E-state index is 11.7. The SMILES string of the molecule is C=NCCc1cc(-c2nnc(-c3cccc4c3CCC4NS(C)(=O)=O)s2)ccc1OC(C)C. The molecule has 1 N–H and O–H groups in total. The van der Waals surface area contributed by atoms with E-state index in [0.29, 0.717) is 6.54 Å². The van der Waals surface area contributed by atoms with E-state index in [0.717, 1.165) is 62.8 Å². The molecule has 0 fully saturated rings. The largest absolute Gasteiger partial charge is 0.491 e. The van der Waals surface area contributed by atoms with Gasteiger partial charge in [-0.15, -0.1) is 10.2 Å². The Kier molecular flexibility index (Phi) is 6.92. The van der Waals surface area contributed by atoms with Crippen LogP contribution in [0, 0.1) is 0 Å². The number of nitrogens with one attached hydrogen (secondary N) is 1. The minimum absolute atomic E-state index is 0.0839. The summed E-state index contributed by atoms with van der Waals surface area (Å²) >= 11 is 1.53. The number of ether oxygens (including phenoxy) is 1. The number of benzene rings is 2. The van der Waals surface area contributed by atoms with Gasteiger partial charge in [-0.25, -0.2) is 13.1 Å². The predicted molar refractivity (Wildman–Crippen MR) is 134 cm³/mol. The quantitative estimate of drug-likeness (QED) is 0.453. The van der Waals surface area contributed by atoms with Crippen molar-refractivity contribution in [3.05, 3.63) is 53.1 Å². The van der Waals surface area contributed by atoms with Crippen molar-refractivity contribution in [3.63, 3.8) is 0 Å². The number of hydrogen-bond donors (Lipinski definition) is 1. The van der Waals surface area contributed by atoms with Crippen molar-refractivity contribution >= 4 is 28.1 Å². The summed E-state index contributed by atoms with van der Waals surface area (Å²) in [5.41, 5.74) is 5.23. The molecule has 33 heavy (non-hydrogen) atoms. The van der Waals surface area contributed by atoms with Crippen molar-refractivity contribution in [2.24, 2.45) is 4.99 Å². The molecule has 0 amide bonds. The molecule has 0 bridgehead atoms. The highest BCUT2D eigenvalue weighted by molar-refractivity contribution is 7.88. The van der Waals surface area contributed by atoms with Gasteiger partial charge in [-0.05, 0) is 74.7 Å². The summed E-state index contributed by atoms with van der Waals surface area (Å²) in [6, 6.07) is 11.9. The molecule has 3 aromatic rings. The van der Waals surface area contributed by atoms with Crippen molar-refractivity contribution in [3.8, 4) is 26.9 Å². The molecule has 1 aliphatic rings. The first-order valence-electron chi connectivity index (χ1n) is 10.9. The number of aromatic nitrogens is 2. The van der Waals surface area contributed by atoms with Gasteiger partial charge in [0.1, 0.15) is 15.8 Å². The van der Waals surface area contributed by atoms with Gasteiger partial charge in [-0.3, -0.25) is 0 Å². The summed E-state index contributed by atoms with van der Waals surface area (Å²) in [5.74, 6) is 0.854. The number of aliphatic imine (C=N–C) groups is 1. The number of sulfonamides is 1. The maximum atomic E-state index is 11.7. The van der Waals surface area contributed by atoms with Crippen LogP contribution in [0.5, 0.6) is 5.75 Å². The predicted octanol–water partition coefficient (Wildman–Crippen LogP) is 4.44. The Hall–Kier alpha value is -2.62. The zero-order chi connectivity index (χ0) is 23.6. The van der Waals surface area contributed by atoms with E-state index in [1.54, 1.807) is 0 Å². The van der Waals surface area contributed by atoms with Crippen LogP contribution in [0.4, 0.5) is 0 Å². The number of hydrogen-bond acceptors (Lipinski definition) is 7. The van der Waals surface area contributed by atoms with Crippen LogP contribution in [-0.2, 0) is 22.9 Å². The molecule has 0 saturated carbocycles. The molecular weight excluding hydrogens is 456 g/mol. The van der Waals surface area contributed by atoms with Crippen LogP contribution in [0.2, 0.25) is 0 Å². The lowest BCUT2D eigenvalue weighted by atomic mass is 10.0. The molecule has 9 heteroatoms. The standard InChI is InChI=1S/C24H28N4O3S2/c1-15(2)31-22-11-8-17(14-16(22)12-13-25-3)23-26-27-24(32-23)20-7-5-6-19-18(20)9-10-21(19)28-33(4,29)30/h5-8,11,14-15,21,28H,3,9-10,12-13H2,1-2,4H3. The lowest BCUT2D eigenvalue weighted by molar-refractivity contribution is 0.240. The molecule has 1 heterocycles. The van der Waals surface area contributed by atoms with Crippen LogP contribution >= 0.6 is 11.3 Å². The summed E-state index contributed by atoms with van der Waals surface area (Å²) in [7, 11) is -3.28. The molecule has 0 radical (unpaired) electrons. The Morgan fingerprint density at radius 1 is 1.24 bits per heavy atom. The number of nitrogens with zero attached hydrogens (tertiary/aromatic N) is 3. The highest BCUT2D eigenvalue weighted by Gasteiger charge is 2.28. The fourth-order valence-corrected chi connectivity index (χ4v) is 5.81. The van der Waals surface area contributed by atoms with Crippen molar-refractivity contribution in [1.82, 2.24) is 14.9 Å². The van der Waals surface area contributed by atoms with Crippen molar-refractivity contribution in [2.75, 3.05) is 12.8 Å². The molecule has 1 unspecified atom stereocenters. The normalized spacial score (nSPS) is 15.6. The topological polar surface area (TPSA) is 93.5 Å². The molecule has 1 atom stereocenters. The first-order chi connectivity index (χ1) is 15.7. The second-order valence-corrected chi connectivity index (χ2v) is 11.2. The Morgan fingerprint density at radius 3 is 2.76 bits per heavy atom. The Labute approximate surface area is 199 Å². The summed E-state index contributed by atoms with van der Waals surface area (Å²) in [4.78, 5) is 3.99. The minimum Gasteiger partial charge on any atom is -0.491 e. The first kappa shape index (κ1) is 23.5. The van der Waals surface area contributed by atoms with Gasteiger partial charge in [-0.2, -0.15) is 0 Å². The number of fused-ring (bicyclic) bond motifs is 1. The highest BCUT2D eigenvalue weighted by Crippen LogP contribution is 2.40. The lowest BCUT2D eigenvalue weighted by Gasteiger charge is -2.14. The van der Waals surface area contributed by atoms with Crippen LogP contribution in [0.1, 0.15) is 43.0 Å². The Morgan fingerprint density at radius 2 is 2.03 bits per heavy atom. The third-order valence-electron chi connectivity index (χ3n) is 5.49. The molecule has 0 saturated heterocycles. The van der Waals surface area contributed by atoms with Gasteiger partial charge in [-0.1, -0.05) is 29.5 Å². The average Bonchev–Trinajstić information content (AvgIpc) is 3.39. The van der Waals surface area contributed by atoms with Crippen molar-refractivity contribution in [2.45, 2.75) is 45.3 Å². The second-order valence-electron chi connectivity index (χ2n) is 8.45. The summed E-state index contributed by atoms with van der Waals surface area (Å²) in [5, 5.41) is 10.6. The molecule has 1 aromatic heterocycles. The van der Waals surface area contributed by atoms with E-state index in [-0.39, 0.29) is 12.1 Å².